The van der Waals surface area contributed by atoms with Crippen LogP contribution in [0.2, 0.25) is 0 Å². The lowest BCUT2D eigenvalue weighted by Gasteiger charge is -1.98. The lowest BCUT2D eigenvalue weighted by molar-refractivity contribution is 0.194. The van der Waals surface area contributed by atoms with Crippen LogP contribution in [0.4, 0.5) is 0 Å². The van der Waals surface area contributed by atoms with Gasteiger partial charge in [0.15, 0.2) is 0 Å². The van der Waals surface area contributed by atoms with Gasteiger partial charge in [0.25, 0.3) is 0 Å². The number of aromatic nitrogens is 3. The van der Waals surface area contributed by atoms with E-state index in [4.69, 9.17) is 0 Å². The molecule has 13 heavy (non-hydrogen) atoms. The Morgan fingerprint density at radius 1 is 1.62 bits per heavy atom. The molecule has 2 aromatic rings. The summed E-state index contributed by atoms with van der Waals surface area (Å²) in [4.78, 5) is 8.20. The van der Waals surface area contributed by atoms with Crippen molar-refractivity contribution < 1.29 is 5.11 Å². The highest BCUT2D eigenvalue weighted by atomic mass is 79.9. The topological polar surface area (TPSA) is 50.4 Å². The minimum absolute atomic E-state index is 0.575. The largest absolute Gasteiger partial charge is 0.387 e. The van der Waals surface area contributed by atoms with E-state index in [0.717, 1.165) is 10.3 Å². The Morgan fingerprint density at radius 2 is 2.38 bits per heavy atom. The summed E-state index contributed by atoms with van der Waals surface area (Å²) in [6.45, 7) is 1.68. The van der Waals surface area contributed by atoms with Crippen LogP contribution in [0.15, 0.2) is 23.2 Å². The monoisotopic (exact) mass is 241 g/mol. The van der Waals surface area contributed by atoms with Crippen molar-refractivity contribution in [2.45, 2.75) is 13.0 Å². The van der Waals surface area contributed by atoms with Gasteiger partial charge >= 0.3 is 0 Å². The first-order valence-corrected chi connectivity index (χ1v) is 4.65. The van der Waals surface area contributed by atoms with Crippen molar-refractivity contribution in [2.75, 3.05) is 0 Å². The molecule has 2 aromatic heterocycles. The quantitative estimate of drug-likeness (QED) is 0.825. The Kier molecular flexibility index (Phi) is 2.05. The molecular formula is C8H8BrN3O. The molecule has 5 heteroatoms. The molecule has 0 amide bonds. The van der Waals surface area contributed by atoms with Crippen molar-refractivity contribution in [2.24, 2.45) is 0 Å². The Balaban J connectivity index is 2.74. The van der Waals surface area contributed by atoms with Crippen molar-refractivity contribution in [1.29, 1.82) is 0 Å². The predicted octanol–water partition coefficient (Wildman–Crippen LogP) is 1.55. The van der Waals surface area contributed by atoms with Crippen LogP contribution in [-0.4, -0.2) is 19.5 Å². The number of halogens is 1. The maximum absolute atomic E-state index is 9.38. The van der Waals surface area contributed by atoms with Crippen LogP contribution in [-0.2, 0) is 0 Å². The molecule has 0 aromatic carbocycles. The second-order valence-corrected chi connectivity index (χ2v) is 3.52. The molecule has 0 aliphatic carbocycles. The normalized spacial score (nSPS) is 13.5. The van der Waals surface area contributed by atoms with Gasteiger partial charge in [0.2, 0.25) is 0 Å². The number of rotatable bonds is 1. The lowest BCUT2D eigenvalue weighted by atomic mass is 10.3. The lowest BCUT2D eigenvalue weighted by Crippen LogP contribution is -1.92. The van der Waals surface area contributed by atoms with Gasteiger partial charge < -0.3 is 5.11 Å². The van der Waals surface area contributed by atoms with Crippen molar-refractivity contribution in [3.05, 3.63) is 28.9 Å². The van der Waals surface area contributed by atoms with Gasteiger partial charge in [-0.15, -0.1) is 0 Å². The smallest absolute Gasteiger partial charge is 0.140 e. The third-order valence-electron chi connectivity index (χ3n) is 1.79. The predicted molar refractivity (Wildman–Crippen MR) is 51.3 cm³/mol. The second kappa shape index (κ2) is 3.08. The summed E-state index contributed by atoms with van der Waals surface area (Å²) in [5.41, 5.74) is 1.41. The maximum Gasteiger partial charge on any atom is 0.140 e. The maximum atomic E-state index is 9.38. The molecule has 0 spiro atoms. The van der Waals surface area contributed by atoms with Gasteiger partial charge in [-0.1, -0.05) is 0 Å². The van der Waals surface area contributed by atoms with Crippen LogP contribution in [0.25, 0.3) is 5.65 Å². The summed E-state index contributed by atoms with van der Waals surface area (Å²) >= 11 is 3.35. The molecule has 0 aliphatic heterocycles. The third-order valence-corrected chi connectivity index (χ3v) is 2.58. The van der Waals surface area contributed by atoms with Crippen LogP contribution < -0.4 is 0 Å². The van der Waals surface area contributed by atoms with E-state index in [9.17, 15) is 5.11 Å². The zero-order valence-corrected chi connectivity index (χ0v) is 8.56. The zero-order chi connectivity index (χ0) is 9.42. The van der Waals surface area contributed by atoms with Crippen molar-refractivity contribution in [1.82, 2.24) is 14.4 Å². The SMILES string of the molecule is CC(O)c1nc2ccncn2c1Br. The van der Waals surface area contributed by atoms with Gasteiger partial charge in [-0.25, -0.2) is 9.97 Å². The molecular weight excluding hydrogens is 234 g/mol. The molecule has 0 radical (unpaired) electrons. The van der Waals surface area contributed by atoms with E-state index in [1.807, 2.05) is 0 Å². The summed E-state index contributed by atoms with van der Waals surface area (Å²) in [7, 11) is 0. The zero-order valence-electron chi connectivity index (χ0n) is 6.98. The van der Waals surface area contributed by atoms with Crippen LogP contribution in [0.3, 0.4) is 0 Å². The minimum Gasteiger partial charge on any atom is -0.387 e. The molecule has 4 nitrogen and oxygen atoms in total. The van der Waals surface area contributed by atoms with E-state index in [1.165, 1.54) is 0 Å². The number of hydrogen-bond acceptors (Lipinski definition) is 3. The van der Waals surface area contributed by atoms with Gasteiger partial charge in [-0.3, -0.25) is 4.40 Å². The summed E-state index contributed by atoms with van der Waals surface area (Å²) in [6, 6.07) is 1.79. The Labute approximate surface area is 83.4 Å². The van der Waals surface area contributed by atoms with E-state index in [-0.39, 0.29) is 0 Å². The number of aliphatic hydroxyl groups is 1. The van der Waals surface area contributed by atoms with Gasteiger partial charge in [0, 0.05) is 6.20 Å². The Bertz CT molecular complexity index is 438. The van der Waals surface area contributed by atoms with Gasteiger partial charge in [0.1, 0.15) is 22.3 Å². The standard InChI is InChI=1S/C8H8BrN3O/c1-5(13)7-8(9)12-4-10-3-2-6(12)11-7/h2-5,13H,1H3. The Morgan fingerprint density at radius 3 is 3.00 bits per heavy atom. The number of aliphatic hydroxyl groups excluding tert-OH is 1. The second-order valence-electron chi connectivity index (χ2n) is 2.77. The molecule has 0 bridgehead atoms. The average Bonchev–Trinajstić information content (AvgIpc) is 2.45. The fourth-order valence-corrected chi connectivity index (χ4v) is 1.85. The highest BCUT2D eigenvalue weighted by Gasteiger charge is 2.13. The highest BCUT2D eigenvalue weighted by Crippen LogP contribution is 2.23. The molecule has 0 aliphatic rings. The molecule has 1 atom stereocenters. The van der Waals surface area contributed by atoms with Crippen LogP contribution in [0.5, 0.6) is 0 Å². The van der Waals surface area contributed by atoms with E-state index >= 15 is 0 Å². The first-order valence-electron chi connectivity index (χ1n) is 3.85. The molecule has 1 unspecified atom stereocenters. The molecule has 68 valence electrons. The highest BCUT2D eigenvalue weighted by molar-refractivity contribution is 9.10. The van der Waals surface area contributed by atoms with Crippen LogP contribution in [0, 0.1) is 0 Å². The van der Waals surface area contributed by atoms with Gasteiger partial charge in [0.05, 0.1) is 6.10 Å². The molecule has 0 saturated carbocycles. The fourth-order valence-electron chi connectivity index (χ4n) is 1.16. The van der Waals surface area contributed by atoms with E-state index < -0.39 is 6.10 Å². The van der Waals surface area contributed by atoms with Gasteiger partial charge in [-0.05, 0) is 28.9 Å². The van der Waals surface area contributed by atoms with Crippen LogP contribution in [0.1, 0.15) is 18.7 Å². The van der Waals surface area contributed by atoms with Gasteiger partial charge in [-0.2, -0.15) is 0 Å². The molecule has 0 saturated heterocycles. The third kappa shape index (κ3) is 1.34. The molecule has 2 heterocycles. The average molecular weight is 242 g/mol. The summed E-state index contributed by atoms with van der Waals surface area (Å²) in [5.74, 6) is 0. The van der Waals surface area contributed by atoms with E-state index in [1.54, 1.807) is 29.9 Å². The molecule has 1 N–H and O–H groups in total. The number of hydrogen-bond donors (Lipinski definition) is 1. The van der Waals surface area contributed by atoms with Crippen molar-refractivity contribution >= 4 is 21.6 Å². The summed E-state index contributed by atoms with van der Waals surface area (Å²) in [6.07, 6.45) is 2.74. The Hall–Kier alpha value is -0.940. The summed E-state index contributed by atoms with van der Waals surface area (Å²) in [5, 5.41) is 9.38. The summed E-state index contributed by atoms with van der Waals surface area (Å²) < 4.78 is 2.54. The number of nitrogens with zero attached hydrogens (tertiary/aromatic N) is 3. The fraction of sp³-hybridized carbons (Fsp3) is 0.250. The van der Waals surface area contributed by atoms with E-state index in [0.29, 0.717) is 5.69 Å². The van der Waals surface area contributed by atoms with E-state index in [2.05, 4.69) is 25.9 Å². The van der Waals surface area contributed by atoms with Crippen molar-refractivity contribution in [3.63, 3.8) is 0 Å². The molecule has 2 rings (SSSR count). The first kappa shape index (κ1) is 8.65. The number of fused-ring (bicyclic) bond motifs is 1. The van der Waals surface area contributed by atoms with Crippen LogP contribution >= 0.6 is 15.9 Å². The minimum atomic E-state index is -0.575. The number of imidazole rings is 1. The first-order chi connectivity index (χ1) is 6.20. The van der Waals surface area contributed by atoms with Crippen molar-refractivity contribution in [3.8, 4) is 0 Å². The molecule has 0 fully saturated rings.